The van der Waals surface area contributed by atoms with Crippen LogP contribution in [0.3, 0.4) is 0 Å². The molecule has 0 aromatic carbocycles. The van der Waals surface area contributed by atoms with E-state index < -0.39 is 17.3 Å². The Bertz CT molecular complexity index is 270. The van der Waals surface area contributed by atoms with Crippen LogP contribution in [0.5, 0.6) is 0 Å². The third kappa shape index (κ3) is 3.64. The summed E-state index contributed by atoms with van der Waals surface area (Å²) in [7, 11) is 0. The Labute approximate surface area is 76.2 Å². The SMILES string of the molecule is CC(=O)CC(O)=C(C(C)=O)C(C)=O. The summed E-state index contributed by atoms with van der Waals surface area (Å²) in [6.45, 7) is 3.62. The van der Waals surface area contributed by atoms with Gasteiger partial charge in [-0.25, -0.2) is 0 Å². The fourth-order valence-electron chi connectivity index (χ4n) is 0.978. The average Bonchev–Trinajstić information content (AvgIpc) is 1.81. The van der Waals surface area contributed by atoms with E-state index in [4.69, 9.17) is 0 Å². The third-order valence-corrected chi connectivity index (χ3v) is 1.41. The van der Waals surface area contributed by atoms with Gasteiger partial charge in [-0.05, 0) is 20.8 Å². The van der Waals surface area contributed by atoms with Crippen molar-refractivity contribution in [3.8, 4) is 0 Å². The third-order valence-electron chi connectivity index (χ3n) is 1.41. The Kier molecular flexibility index (Phi) is 4.04. The highest BCUT2D eigenvalue weighted by atomic mass is 16.3. The highest BCUT2D eigenvalue weighted by Crippen LogP contribution is 2.08. The van der Waals surface area contributed by atoms with Gasteiger partial charge in [-0.15, -0.1) is 0 Å². The molecule has 0 bridgehead atoms. The van der Waals surface area contributed by atoms with Gasteiger partial charge in [0.2, 0.25) is 0 Å². The maximum Gasteiger partial charge on any atom is 0.166 e. The summed E-state index contributed by atoms with van der Waals surface area (Å²) in [6.07, 6.45) is -0.269. The quantitative estimate of drug-likeness (QED) is 0.305. The molecule has 0 unspecified atom stereocenters. The summed E-state index contributed by atoms with van der Waals surface area (Å²) in [6, 6.07) is 0. The summed E-state index contributed by atoms with van der Waals surface area (Å²) in [5.41, 5.74) is -0.282. The van der Waals surface area contributed by atoms with E-state index in [1.807, 2.05) is 0 Å². The van der Waals surface area contributed by atoms with Crippen LogP contribution in [0.1, 0.15) is 27.2 Å². The lowest BCUT2D eigenvalue weighted by atomic mass is 10.0. The van der Waals surface area contributed by atoms with Crippen LogP contribution in [0.4, 0.5) is 0 Å². The number of aliphatic hydroxyl groups excluding tert-OH is 1. The summed E-state index contributed by atoms with van der Waals surface area (Å²) in [4.78, 5) is 32.3. The molecule has 0 rings (SSSR count). The van der Waals surface area contributed by atoms with Crippen molar-refractivity contribution in [1.29, 1.82) is 0 Å². The fraction of sp³-hybridized carbons (Fsp3) is 0.444. The second kappa shape index (κ2) is 4.54. The molecule has 0 spiro atoms. The summed E-state index contributed by atoms with van der Waals surface area (Å²) in [5.74, 6) is -1.78. The van der Waals surface area contributed by atoms with E-state index >= 15 is 0 Å². The van der Waals surface area contributed by atoms with Gasteiger partial charge in [0.05, 0.1) is 12.0 Å². The van der Waals surface area contributed by atoms with Crippen LogP contribution in [0, 0.1) is 0 Å². The summed E-state index contributed by atoms with van der Waals surface area (Å²) in [5, 5.41) is 9.24. The molecule has 0 fully saturated rings. The van der Waals surface area contributed by atoms with Crippen molar-refractivity contribution >= 4 is 17.3 Å². The standard InChI is InChI=1S/C9H12O4/c1-5(10)4-8(13)9(6(2)11)7(3)12/h13H,4H2,1-3H3. The Hall–Kier alpha value is -1.45. The van der Waals surface area contributed by atoms with Crippen LogP contribution in [0.15, 0.2) is 11.3 Å². The second-order valence-corrected chi connectivity index (χ2v) is 2.81. The topological polar surface area (TPSA) is 71.4 Å². The number of carbonyl (C=O) groups is 3. The number of Topliss-reactive ketones (excluding diaryl/α,β-unsaturated/α-hetero) is 3. The molecule has 0 amide bonds. The van der Waals surface area contributed by atoms with E-state index in [1.54, 1.807) is 0 Å². The maximum absolute atomic E-state index is 10.9. The molecule has 0 heterocycles. The van der Waals surface area contributed by atoms with Crippen LogP contribution >= 0.6 is 0 Å². The number of hydrogen-bond acceptors (Lipinski definition) is 4. The van der Waals surface area contributed by atoms with Gasteiger partial charge in [-0.1, -0.05) is 0 Å². The maximum atomic E-state index is 10.9. The summed E-state index contributed by atoms with van der Waals surface area (Å²) < 4.78 is 0. The van der Waals surface area contributed by atoms with Gasteiger partial charge >= 0.3 is 0 Å². The Morgan fingerprint density at radius 1 is 1.00 bits per heavy atom. The first-order valence-electron chi connectivity index (χ1n) is 3.79. The zero-order valence-electron chi connectivity index (χ0n) is 7.88. The molecule has 0 aliphatic heterocycles. The molecule has 0 aromatic heterocycles. The highest BCUT2D eigenvalue weighted by Gasteiger charge is 2.16. The van der Waals surface area contributed by atoms with Crippen molar-refractivity contribution in [2.24, 2.45) is 0 Å². The van der Waals surface area contributed by atoms with Crippen LogP contribution in [0.2, 0.25) is 0 Å². The van der Waals surface area contributed by atoms with Gasteiger partial charge < -0.3 is 5.11 Å². The number of allylic oxidation sites excluding steroid dienone is 2. The molecule has 0 saturated carbocycles. The molecule has 0 aliphatic rings. The molecule has 4 heteroatoms. The fourth-order valence-corrected chi connectivity index (χ4v) is 0.978. The molecule has 13 heavy (non-hydrogen) atoms. The van der Waals surface area contributed by atoms with Gasteiger partial charge in [0.1, 0.15) is 11.5 Å². The van der Waals surface area contributed by atoms with E-state index in [9.17, 15) is 19.5 Å². The summed E-state index contributed by atoms with van der Waals surface area (Å²) >= 11 is 0. The predicted octanol–water partition coefficient (Wildman–Crippen LogP) is 0.956. The van der Waals surface area contributed by atoms with Crippen molar-refractivity contribution in [3.63, 3.8) is 0 Å². The smallest absolute Gasteiger partial charge is 0.166 e. The highest BCUT2D eigenvalue weighted by molar-refractivity contribution is 6.19. The lowest BCUT2D eigenvalue weighted by Gasteiger charge is -2.02. The molecule has 0 atom stereocenters. The van der Waals surface area contributed by atoms with E-state index in [0.29, 0.717) is 0 Å². The Morgan fingerprint density at radius 3 is 1.62 bits per heavy atom. The molecular weight excluding hydrogens is 172 g/mol. The van der Waals surface area contributed by atoms with Crippen molar-refractivity contribution in [2.75, 3.05) is 0 Å². The first-order valence-corrected chi connectivity index (χ1v) is 3.79. The van der Waals surface area contributed by atoms with Crippen molar-refractivity contribution < 1.29 is 19.5 Å². The van der Waals surface area contributed by atoms with E-state index in [2.05, 4.69) is 0 Å². The number of carbonyl (C=O) groups excluding carboxylic acids is 3. The largest absolute Gasteiger partial charge is 0.511 e. The molecule has 0 aliphatic carbocycles. The van der Waals surface area contributed by atoms with E-state index in [1.165, 1.54) is 20.8 Å². The molecule has 0 saturated heterocycles. The van der Waals surface area contributed by atoms with Crippen LogP contribution in [0.25, 0.3) is 0 Å². The van der Waals surface area contributed by atoms with E-state index in [0.717, 1.165) is 0 Å². The Morgan fingerprint density at radius 2 is 1.38 bits per heavy atom. The average molecular weight is 184 g/mol. The molecule has 72 valence electrons. The van der Waals surface area contributed by atoms with Crippen molar-refractivity contribution in [1.82, 2.24) is 0 Å². The zero-order valence-corrected chi connectivity index (χ0v) is 7.88. The molecule has 0 radical (unpaired) electrons. The molecule has 1 N–H and O–H groups in total. The van der Waals surface area contributed by atoms with Gasteiger partial charge in [0.15, 0.2) is 11.6 Å². The normalized spacial score (nSPS) is 9.15. The number of rotatable bonds is 4. The monoisotopic (exact) mass is 184 g/mol. The van der Waals surface area contributed by atoms with Crippen LogP contribution in [-0.4, -0.2) is 22.5 Å². The minimum atomic E-state index is -0.522. The van der Waals surface area contributed by atoms with Crippen molar-refractivity contribution in [2.45, 2.75) is 27.2 Å². The Balaban J connectivity index is 4.98. The number of hydrogen-bond donors (Lipinski definition) is 1. The minimum absolute atomic E-state index is 0.269. The number of aliphatic hydroxyl groups is 1. The van der Waals surface area contributed by atoms with Crippen LogP contribution < -0.4 is 0 Å². The van der Waals surface area contributed by atoms with Gasteiger partial charge in [-0.3, -0.25) is 14.4 Å². The number of ketones is 3. The van der Waals surface area contributed by atoms with Gasteiger partial charge in [0, 0.05) is 0 Å². The molecule has 0 aromatic rings. The van der Waals surface area contributed by atoms with Gasteiger partial charge in [0.25, 0.3) is 0 Å². The molecular formula is C9H12O4. The molecule has 4 nitrogen and oxygen atoms in total. The lowest BCUT2D eigenvalue weighted by molar-refractivity contribution is -0.119. The predicted molar refractivity (Wildman–Crippen MR) is 46.3 cm³/mol. The van der Waals surface area contributed by atoms with E-state index in [-0.39, 0.29) is 17.8 Å². The minimum Gasteiger partial charge on any atom is -0.511 e. The van der Waals surface area contributed by atoms with Gasteiger partial charge in [-0.2, -0.15) is 0 Å². The van der Waals surface area contributed by atoms with Crippen molar-refractivity contribution in [3.05, 3.63) is 11.3 Å². The van der Waals surface area contributed by atoms with Crippen LogP contribution in [-0.2, 0) is 14.4 Å². The zero-order chi connectivity index (χ0) is 10.6. The first kappa shape index (κ1) is 11.6. The lowest BCUT2D eigenvalue weighted by Crippen LogP contribution is -2.11. The second-order valence-electron chi connectivity index (χ2n) is 2.81. The first-order chi connectivity index (χ1) is 5.86.